The summed E-state index contributed by atoms with van der Waals surface area (Å²) in [7, 11) is 2.20. The fourth-order valence-electron chi connectivity index (χ4n) is 2.41. The Morgan fingerprint density at radius 3 is 3.06 bits per heavy atom. The van der Waals surface area contributed by atoms with Gasteiger partial charge in [-0.25, -0.2) is 4.98 Å². The Kier molecular flexibility index (Phi) is 4.24. The van der Waals surface area contributed by atoms with Crippen molar-refractivity contribution >= 4 is 17.3 Å². The molecule has 4 heteroatoms. The summed E-state index contributed by atoms with van der Waals surface area (Å²) in [5.74, 6) is 0.740. The van der Waals surface area contributed by atoms with Gasteiger partial charge in [0.1, 0.15) is 5.15 Å². The number of nitrogens with zero attached hydrogens (tertiary/aromatic N) is 2. The summed E-state index contributed by atoms with van der Waals surface area (Å²) in [5.41, 5.74) is 2.07. The van der Waals surface area contributed by atoms with Gasteiger partial charge in [-0.3, -0.25) is 0 Å². The van der Waals surface area contributed by atoms with Crippen LogP contribution in [-0.4, -0.2) is 36.6 Å². The number of nitrogens with one attached hydrogen (secondary N) is 1. The van der Waals surface area contributed by atoms with Crippen molar-refractivity contribution in [2.24, 2.45) is 5.92 Å². The van der Waals surface area contributed by atoms with Crippen LogP contribution in [0, 0.1) is 12.8 Å². The van der Waals surface area contributed by atoms with Gasteiger partial charge in [0.15, 0.2) is 0 Å². The molecule has 1 aromatic heterocycles. The molecule has 1 atom stereocenters. The number of pyridine rings is 1. The second-order valence-electron chi connectivity index (χ2n) is 4.92. The van der Waals surface area contributed by atoms with Gasteiger partial charge in [-0.15, -0.1) is 0 Å². The molecule has 1 saturated heterocycles. The van der Waals surface area contributed by atoms with Crippen LogP contribution in [0.3, 0.4) is 0 Å². The summed E-state index contributed by atoms with van der Waals surface area (Å²) in [6.07, 6.45) is 2.62. The first-order chi connectivity index (χ1) is 8.15. The van der Waals surface area contributed by atoms with Gasteiger partial charge in [-0.1, -0.05) is 11.6 Å². The monoisotopic (exact) mass is 253 g/mol. The largest absolute Gasteiger partial charge is 0.383 e. The summed E-state index contributed by atoms with van der Waals surface area (Å²) < 4.78 is 0. The number of hydrogen-bond donors (Lipinski definition) is 1. The molecule has 1 aliphatic heterocycles. The highest BCUT2D eigenvalue weighted by atomic mass is 35.5. The highest BCUT2D eigenvalue weighted by Crippen LogP contribution is 2.19. The Bertz CT molecular complexity index is 381. The van der Waals surface area contributed by atoms with Crippen LogP contribution in [-0.2, 0) is 0 Å². The summed E-state index contributed by atoms with van der Waals surface area (Å²) in [4.78, 5) is 6.65. The Morgan fingerprint density at radius 1 is 1.53 bits per heavy atom. The molecule has 0 bridgehead atoms. The van der Waals surface area contributed by atoms with Crippen molar-refractivity contribution in [3.63, 3.8) is 0 Å². The maximum Gasteiger partial charge on any atom is 0.129 e. The molecule has 1 aromatic rings. The molecular weight excluding hydrogens is 234 g/mol. The van der Waals surface area contributed by atoms with Gasteiger partial charge in [0.2, 0.25) is 0 Å². The maximum atomic E-state index is 5.84. The minimum Gasteiger partial charge on any atom is -0.383 e. The molecule has 0 aromatic carbocycles. The van der Waals surface area contributed by atoms with Gasteiger partial charge in [0, 0.05) is 13.1 Å². The quantitative estimate of drug-likeness (QED) is 0.840. The predicted molar refractivity (Wildman–Crippen MR) is 72.7 cm³/mol. The number of aromatic nitrogens is 1. The average Bonchev–Trinajstić information content (AvgIpc) is 2.28. The molecule has 1 N–H and O–H groups in total. The van der Waals surface area contributed by atoms with Crippen LogP contribution in [0.2, 0.25) is 5.15 Å². The molecule has 17 heavy (non-hydrogen) atoms. The van der Waals surface area contributed by atoms with E-state index in [0.717, 1.165) is 23.8 Å². The topological polar surface area (TPSA) is 28.2 Å². The van der Waals surface area contributed by atoms with E-state index >= 15 is 0 Å². The first kappa shape index (κ1) is 12.7. The summed E-state index contributed by atoms with van der Waals surface area (Å²) in [6.45, 7) is 5.43. The number of halogens is 1. The standard InChI is InChI=1S/C13H20ClN3/c1-10-12(5-6-13(14)16-10)15-8-11-4-3-7-17(2)9-11/h5-6,11,15H,3-4,7-9H2,1-2H3. The smallest absolute Gasteiger partial charge is 0.129 e. The minimum absolute atomic E-state index is 0.561. The predicted octanol–water partition coefficient (Wildman–Crippen LogP) is 2.80. The van der Waals surface area contributed by atoms with Crippen molar-refractivity contribution in [1.29, 1.82) is 0 Å². The Labute approximate surface area is 108 Å². The first-order valence-corrected chi connectivity index (χ1v) is 6.58. The van der Waals surface area contributed by atoms with Gasteiger partial charge < -0.3 is 10.2 Å². The fourth-order valence-corrected chi connectivity index (χ4v) is 2.60. The lowest BCUT2D eigenvalue weighted by Crippen LogP contribution is -2.35. The average molecular weight is 254 g/mol. The molecule has 1 unspecified atom stereocenters. The molecule has 94 valence electrons. The minimum atomic E-state index is 0.561. The summed E-state index contributed by atoms with van der Waals surface area (Å²) in [6, 6.07) is 3.85. The van der Waals surface area contributed by atoms with Crippen molar-refractivity contribution in [2.45, 2.75) is 19.8 Å². The number of hydrogen-bond acceptors (Lipinski definition) is 3. The van der Waals surface area contributed by atoms with E-state index in [1.54, 1.807) is 0 Å². The van der Waals surface area contributed by atoms with E-state index in [9.17, 15) is 0 Å². The van der Waals surface area contributed by atoms with E-state index in [4.69, 9.17) is 11.6 Å². The molecule has 0 aliphatic carbocycles. The van der Waals surface area contributed by atoms with Gasteiger partial charge in [0.05, 0.1) is 11.4 Å². The van der Waals surface area contributed by atoms with Gasteiger partial charge >= 0.3 is 0 Å². The SMILES string of the molecule is Cc1nc(Cl)ccc1NCC1CCCN(C)C1. The normalized spacial score (nSPS) is 21.5. The highest BCUT2D eigenvalue weighted by Gasteiger charge is 2.16. The van der Waals surface area contributed by atoms with Crippen molar-refractivity contribution in [3.05, 3.63) is 23.0 Å². The van der Waals surface area contributed by atoms with Gasteiger partial charge in [0.25, 0.3) is 0 Å². The van der Waals surface area contributed by atoms with Crippen molar-refractivity contribution < 1.29 is 0 Å². The molecule has 0 amide bonds. The zero-order valence-electron chi connectivity index (χ0n) is 10.5. The van der Waals surface area contributed by atoms with E-state index in [-0.39, 0.29) is 0 Å². The van der Waals surface area contributed by atoms with Gasteiger partial charge in [-0.2, -0.15) is 0 Å². The first-order valence-electron chi connectivity index (χ1n) is 6.20. The molecule has 0 saturated carbocycles. The third-order valence-electron chi connectivity index (χ3n) is 3.36. The van der Waals surface area contributed by atoms with E-state index in [1.807, 2.05) is 19.1 Å². The molecule has 0 spiro atoms. The van der Waals surface area contributed by atoms with E-state index in [0.29, 0.717) is 5.15 Å². The zero-order chi connectivity index (χ0) is 12.3. The third kappa shape index (κ3) is 3.58. The molecule has 1 aliphatic rings. The zero-order valence-corrected chi connectivity index (χ0v) is 11.3. The second-order valence-corrected chi connectivity index (χ2v) is 5.31. The van der Waals surface area contributed by atoms with Crippen LogP contribution in [0.5, 0.6) is 0 Å². The fraction of sp³-hybridized carbons (Fsp3) is 0.615. The maximum absolute atomic E-state index is 5.84. The number of anilines is 1. The Balaban J connectivity index is 1.88. The molecule has 3 nitrogen and oxygen atoms in total. The van der Waals surface area contributed by atoms with Crippen LogP contribution in [0.15, 0.2) is 12.1 Å². The summed E-state index contributed by atoms with van der Waals surface area (Å²) >= 11 is 5.84. The number of piperidine rings is 1. The van der Waals surface area contributed by atoms with Crippen molar-refractivity contribution in [3.8, 4) is 0 Å². The Hall–Kier alpha value is -0.800. The molecule has 2 heterocycles. The second kappa shape index (κ2) is 5.69. The lowest BCUT2D eigenvalue weighted by atomic mass is 9.98. The third-order valence-corrected chi connectivity index (χ3v) is 3.57. The number of likely N-dealkylation sites (tertiary alicyclic amines) is 1. The van der Waals surface area contributed by atoms with Crippen LogP contribution in [0.1, 0.15) is 18.5 Å². The van der Waals surface area contributed by atoms with E-state index in [2.05, 4.69) is 22.2 Å². The van der Waals surface area contributed by atoms with Crippen LogP contribution < -0.4 is 5.32 Å². The lowest BCUT2D eigenvalue weighted by molar-refractivity contribution is 0.217. The van der Waals surface area contributed by atoms with Crippen molar-refractivity contribution in [1.82, 2.24) is 9.88 Å². The molecule has 0 radical (unpaired) electrons. The van der Waals surface area contributed by atoms with Crippen LogP contribution in [0.25, 0.3) is 0 Å². The Morgan fingerprint density at radius 2 is 2.35 bits per heavy atom. The molecule has 2 rings (SSSR count). The van der Waals surface area contributed by atoms with E-state index < -0.39 is 0 Å². The highest BCUT2D eigenvalue weighted by molar-refractivity contribution is 6.29. The number of rotatable bonds is 3. The van der Waals surface area contributed by atoms with E-state index in [1.165, 1.54) is 25.9 Å². The number of aryl methyl sites for hydroxylation is 1. The summed E-state index contributed by atoms with van der Waals surface area (Å²) in [5, 5.41) is 4.04. The van der Waals surface area contributed by atoms with Gasteiger partial charge in [-0.05, 0) is 51.4 Å². The molecule has 1 fully saturated rings. The van der Waals surface area contributed by atoms with Crippen LogP contribution in [0.4, 0.5) is 5.69 Å². The molecular formula is C13H20ClN3. The van der Waals surface area contributed by atoms with Crippen molar-refractivity contribution in [2.75, 3.05) is 32.0 Å². The lowest BCUT2D eigenvalue weighted by Gasteiger charge is -2.30. The van der Waals surface area contributed by atoms with Crippen LogP contribution >= 0.6 is 11.6 Å².